The molecule has 4 saturated heterocycles. The van der Waals surface area contributed by atoms with E-state index in [9.17, 15) is 9.90 Å². The van der Waals surface area contributed by atoms with Crippen molar-refractivity contribution < 1.29 is 9.90 Å². The maximum absolute atomic E-state index is 13.3. The highest BCUT2D eigenvalue weighted by Gasteiger charge is 2.55. The molecule has 0 radical (unpaired) electrons. The summed E-state index contributed by atoms with van der Waals surface area (Å²) in [6.45, 7) is 5.06. The molecular weight excluding hydrogens is 338 g/mol. The Morgan fingerprint density at radius 1 is 1.11 bits per heavy atom. The third-order valence-electron chi connectivity index (χ3n) is 6.75. The molecular formula is C22H25N3O2. The zero-order valence-electron chi connectivity index (χ0n) is 15.6. The van der Waals surface area contributed by atoms with E-state index in [0.29, 0.717) is 24.4 Å². The molecule has 4 aliphatic rings. The summed E-state index contributed by atoms with van der Waals surface area (Å²) in [4.78, 5) is 22.1. The molecule has 0 saturated carbocycles. The minimum absolute atomic E-state index is 0.0286. The fraction of sp³-hybridized carbons (Fsp3) is 0.455. The molecule has 0 aliphatic carbocycles. The van der Waals surface area contributed by atoms with Crippen LogP contribution < -0.4 is 0 Å². The number of pyridine rings is 1. The number of likely N-dealkylation sites (tertiary alicyclic amines) is 1. The SMILES string of the molecule is Cc1ccc([C@H]2CN(C(=O)c3ncccc3O)[C@@H]3C4CCN(CC4)[C@H]23)cc1. The third kappa shape index (κ3) is 2.64. The largest absolute Gasteiger partial charge is 0.505 e. The summed E-state index contributed by atoms with van der Waals surface area (Å²) < 4.78 is 0. The molecule has 2 bridgehead atoms. The summed E-state index contributed by atoms with van der Waals surface area (Å²) in [6, 6.07) is 12.5. The average Bonchev–Trinajstić information content (AvgIpc) is 3.12. The average molecular weight is 363 g/mol. The third-order valence-corrected chi connectivity index (χ3v) is 6.75. The first-order valence-electron chi connectivity index (χ1n) is 9.89. The van der Waals surface area contributed by atoms with Crippen LogP contribution in [-0.2, 0) is 0 Å². The summed E-state index contributed by atoms with van der Waals surface area (Å²) in [5.74, 6) is 0.698. The molecule has 4 aliphatic heterocycles. The molecule has 0 spiro atoms. The first-order chi connectivity index (χ1) is 13.1. The Balaban J connectivity index is 1.53. The Hall–Kier alpha value is -2.40. The van der Waals surface area contributed by atoms with E-state index in [4.69, 9.17) is 0 Å². The lowest BCUT2D eigenvalue weighted by molar-refractivity contribution is -0.00366. The van der Waals surface area contributed by atoms with E-state index < -0.39 is 0 Å². The lowest BCUT2D eigenvalue weighted by atomic mass is 9.75. The highest BCUT2D eigenvalue weighted by atomic mass is 16.3. The van der Waals surface area contributed by atoms with Gasteiger partial charge < -0.3 is 10.0 Å². The van der Waals surface area contributed by atoms with E-state index in [1.807, 2.05) is 4.90 Å². The number of carbonyl (C=O) groups excluding carboxylic acids is 1. The Kier molecular flexibility index (Phi) is 3.93. The Labute approximate surface area is 159 Å². The highest BCUT2D eigenvalue weighted by Crippen LogP contribution is 2.47. The lowest BCUT2D eigenvalue weighted by Gasteiger charge is -2.51. The van der Waals surface area contributed by atoms with Crippen molar-refractivity contribution in [2.24, 2.45) is 5.92 Å². The van der Waals surface area contributed by atoms with Gasteiger partial charge in [-0.05, 0) is 56.5 Å². The minimum atomic E-state index is -0.133. The van der Waals surface area contributed by atoms with Crippen LogP contribution in [0, 0.1) is 12.8 Å². The predicted octanol–water partition coefficient (Wildman–Crippen LogP) is 2.80. The Bertz CT molecular complexity index is 858. The van der Waals surface area contributed by atoms with Crippen molar-refractivity contribution in [3.63, 3.8) is 0 Å². The molecule has 5 nitrogen and oxygen atoms in total. The number of hydrogen-bond donors (Lipinski definition) is 1. The predicted molar refractivity (Wildman–Crippen MR) is 103 cm³/mol. The van der Waals surface area contributed by atoms with Gasteiger partial charge in [-0.25, -0.2) is 4.98 Å². The van der Waals surface area contributed by atoms with Crippen molar-refractivity contribution in [1.29, 1.82) is 0 Å². The van der Waals surface area contributed by atoms with E-state index in [-0.39, 0.29) is 23.4 Å². The van der Waals surface area contributed by atoms with Gasteiger partial charge in [-0.15, -0.1) is 0 Å². The number of benzene rings is 1. The first-order valence-corrected chi connectivity index (χ1v) is 9.89. The van der Waals surface area contributed by atoms with Gasteiger partial charge in [0.1, 0.15) is 5.75 Å². The van der Waals surface area contributed by atoms with E-state index in [0.717, 1.165) is 25.9 Å². The maximum atomic E-state index is 13.3. The number of fused-ring (bicyclic) bond motifs is 2. The minimum Gasteiger partial charge on any atom is -0.505 e. The van der Waals surface area contributed by atoms with E-state index in [2.05, 4.69) is 41.1 Å². The molecule has 2 aromatic rings. The van der Waals surface area contributed by atoms with Gasteiger partial charge in [0.05, 0.1) is 6.04 Å². The second kappa shape index (κ2) is 6.34. The fourth-order valence-electron chi connectivity index (χ4n) is 5.46. The van der Waals surface area contributed by atoms with Crippen molar-refractivity contribution >= 4 is 5.91 Å². The lowest BCUT2D eigenvalue weighted by Crippen LogP contribution is -2.60. The molecule has 27 heavy (non-hydrogen) atoms. The number of aryl methyl sites for hydroxylation is 1. The van der Waals surface area contributed by atoms with Gasteiger partial charge in [0, 0.05) is 24.7 Å². The number of rotatable bonds is 2. The van der Waals surface area contributed by atoms with Crippen LogP contribution in [0.25, 0.3) is 0 Å². The molecule has 4 fully saturated rings. The monoisotopic (exact) mass is 363 g/mol. The quantitative estimate of drug-likeness (QED) is 0.891. The number of aromatic nitrogens is 1. The highest BCUT2D eigenvalue weighted by molar-refractivity contribution is 5.95. The summed E-state index contributed by atoms with van der Waals surface area (Å²) in [5.41, 5.74) is 2.74. The van der Waals surface area contributed by atoms with Gasteiger partial charge in [0.15, 0.2) is 5.69 Å². The molecule has 1 aromatic carbocycles. The van der Waals surface area contributed by atoms with Gasteiger partial charge in [-0.1, -0.05) is 29.8 Å². The topological polar surface area (TPSA) is 56.7 Å². The smallest absolute Gasteiger partial charge is 0.276 e. The van der Waals surface area contributed by atoms with Gasteiger partial charge in [0.25, 0.3) is 5.91 Å². The maximum Gasteiger partial charge on any atom is 0.276 e. The molecule has 3 atom stereocenters. The van der Waals surface area contributed by atoms with Crippen LogP contribution in [0.5, 0.6) is 5.75 Å². The van der Waals surface area contributed by atoms with Crippen molar-refractivity contribution in [2.45, 2.75) is 37.8 Å². The van der Waals surface area contributed by atoms with Crippen molar-refractivity contribution in [3.05, 3.63) is 59.4 Å². The van der Waals surface area contributed by atoms with Crippen LogP contribution in [-0.4, -0.2) is 57.5 Å². The Morgan fingerprint density at radius 2 is 1.85 bits per heavy atom. The molecule has 6 rings (SSSR count). The molecule has 5 heterocycles. The number of hydrogen-bond acceptors (Lipinski definition) is 4. The molecule has 5 heteroatoms. The van der Waals surface area contributed by atoms with E-state index in [1.54, 1.807) is 18.3 Å². The van der Waals surface area contributed by atoms with Crippen LogP contribution in [0.15, 0.2) is 42.6 Å². The van der Waals surface area contributed by atoms with Crippen LogP contribution in [0.3, 0.4) is 0 Å². The van der Waals surface area contributed by atoms with Gasteiger partial charge in [-0.3, -0.25) is 9.69 Å². The first kappa shape index (κ1) is 16.8. The zero-order chi connectivity index (χ0) is 18.5. The van der Waals surface area contributed by atoms with Crippen molar-refractivity contribution in [1.82, 2.24) is 14.8 Å². The number of carbonyl (C=O) groups is 1. The fourth-order valence-corrected chi connectivity index (χ4v) is 5.46. The van der Waals surface area contributed by atoms with Crippen LogP contribution in [0.2, 0.25) is 0 Å². The van der Waals surface area contributed by atoms with Crippen LogP contribution >= 0.6 is 0 Å². The standard InChI is InChI=1S/C22H25N3O2/c1-14-4-6-15(7-5-14)17-13-25(22(27)19-18(26)3-2-10-23-19)20-16-8-11-24(12-9-16)21(17)20/h2-7,10,16-17,20-21,26H,8-9,11-13H2,1H3/t17-,20-,21-/m1/s1. The second-order valence-electron chi connectivity index (χ2n) is 8.20. The molecule has 1 amide bonds. The molecule has 1 aromatic heterocycles. The van der Waals surface area contributed by atoms with E-state index >= 15 is 0 Å². The Morgan fingerprint density at radius 3 is 2.56 bits per heavy atom. The van der Waals surface area contributed by atoms with Gasteiger partial charge in [-0.2, -0.15) is 0 Å². The van der Waals surface area contributed by atoms with E-state index in [1.165, 1.54) is 11.1 Å². The van der Waals surface area contributed by atoms with Gasteiger partial charge >= 0.3 is 0 Å². The van der Waals surface area contributed by atoms with Crippen LogP contribution in [0.1, 0.15) is 40.4 Å². The van der Waals surface area contributed by atoms with Crippen LogP contribution in [0.4, 0.5) is 0 Å². The van der Waals surface area contributed by atoms with Crippen molar-refractivity contribution in [2.75, 3.05) is 19.6 Å². The zero-order valence-corrected chi connectivity index (χ0v) is 15.6. The van der Waals surface area contributed by atoms with Gasteiger partial charge in [0.2, 0.25) is 0 Å². The normalized spacial score (nSPS) is 31.7. The summed E-state index contributed by atoms with van der Waals surface area (Å²) in [7, 11) is 0. The number of amides is 1. The molecule has 1 N–H and O–H groups in total. The summed E-state index contributed by atoms with van der Waals surface area (Å²) >= 11 is 0. The number of piperidine rings is 3. The number of nitrogens with zero attached hydrogens (tertiary/aromatic N) is 3. The number of aromatic hydroxyl groups is 1. The van der Waals surface area contributed by atoms with Crippen molar-refractivity contribution in [3.8, 4) is 5.75 Å². The summed E-state index contributed by atoms with van der Waals surface area (Å²) in [5, 5.41) is 10.2. The summed E-state index contributed by atoms with van der Waals surface area (Å²) in [6.07, 6.45) is 3.88. The molecule has 140 valence electrons. The molecule has 0 unspecified atom stereocenters. The second-order valence-corrected chi connectivity index (χ2v) is 8.20.